The normalized spacial score (nSPS) is 15.3. The van der Waals surface area contributed by atoms with Crippen molar-refractivity contribution in [3.8, 4) is 11.5 Å². The summed E-state index contributed by atoms with van der Waals surface area (Å²) in [5, 5.41) is 21.8. The maximum absolute atomic E-state index is 12.3. The SMILES string of the molecule is C[C@H](NC(=O)c1c(O)c2c(OCCCC3CCCC3)cccc2oc1=O)C(=O)O. The van der Waals surface area contributed by atoms with Crippen LogP contribution in [0.3, 0.4) is 0 Å². The number of carbonyl (C=O) groups excluding carboxylic acids is 1. The lowest BCUT2D eigenvalue weighted by atomic mass is 10.0. The molecule has 2 aromatic rings. The second-order valence-electron chi connectivity index (χ2n) is 7.42. The summed E-state index contributed by atoms with van der Waals surface area (Å²) in [6, 6.07) is 3.50. The van der Waals surface area contributed by atoms with Gasteiger partial charge in [0.25, 0.3) is 5.91 Å². The van der Waals surface area contributed by atoms with Crippen LogP contribution in [0.5, 0.6) is 11.5 Å². The molecule has 3 N–H and O–H groups in total. The lowest BCUT2D eigenvalue weighted by Crippen LogP contribution is -2.40. The van der Waals surface area contributed by atoms with E-state index in [2.05, 4.69) is 5.32 Å². The number of benzene rings is 1. The van der Waals surface area contributed by atoms with Gasteiger partial charge in [0, 0.05) is 0 Å². The fourth-order valence-electron chi connectivity index (χ4n) is 3.71. The van der Waals surface area contributed by atoms with E-state index in [9.17, 15) is 19.5 Å². The number of nitrogens with one attached hydrogen (secondary N) is 1. The van der Waals surface area contributed by atoms with Gasteiger partial charge in [0.05, 0.1) is 6.61 Å². The Morgan fingerprint density at radius 1 is 1.31 bits per heavy atom. The van der Waals surface area contributed by atoms with Crippen LogP contribution in [-0.4, -0.2) is 34.7 Å². The summed E-state index contributed by atoms with van der Waals surface area (Å²) in [6.45, 7) is 1.69. The van der Waals surface area contributed by atoms with Crippen LogP contribution >= 0.6 is 0 Å². The van der Waals surface area contributed by atoms with Gasteiger partial charge >= 0.3 is 11.6 Å². The van der Waals surface area contributed by atoms with E-state index in [0.29, 0.717) is 12.4 Å². The number of hydrogen-bond donors (Lipinski definition) is 3. The Morgan fingerprint density at radius 3 is 2.72 bits per heavy atom. The van der Waals surface area contributed by atoms with Crippen molar-refractivity contribution in [1.29, 1.82) is 0 Å². The Morgan fingerprint density at radius 2 is 2.03 bits per heavy atom. The lowest BCUT2D eigenvalue weighted by Gasteiger charge is -2.14. The van der Waals surface area contributed by atoms with Gasteiger partial charge in [-0.3, -0.25) is 9.59 Å². The number of carboxylic acid groups (broad SMARTS) is 1. The highest BCUT2D eigenvalue weighted by atomic mass is 16.5. The fraction of sp³-hybridized carbons (Fsp3) is 0.476. The predicted molar refractivity (Wildman–Crippen MR) is 105 cm³/mol. The molecule has 1 aliphatic rings. The Balaban J connectivity index is 1.82. The minimum Gasteiger partial charge on any atom is -0.506 e. The molecule has 1 amide bonds. The van der Waals surface area contributed by atoms with Crippen molar-refractivity contribution in [3.05, 3.63) is 34.2 Å². The molecule has 8 nitrogen and oxygen atoms in total. The number of carbonyl (C=O) groups is 2. The van der Waals surface area contributed by atoms with Gasteiger partial charge in [0.2, 0.25) is 0 Å². The smallest absolute Gasteiger partial charge is 0.353 e. The largest absolute Gasteiger partial charge is 0.506 e. The van der Waals surface area contributed by atoms with Crippen molar-refractivity contribution in [2.45, 2.75) is 51.5 Å². The first-order valence-electron chi connectivity index (χ1n) is 9.83. The third-order valence-corrected chi connectivity index (χ3v) is 5.30. The minimum absolute atomic E-state index is 0.0867. The molecule has 0 saturated heterocycles. The first-order valence-corrected chi connectivity index (χ1v) is 9.83. The summed E-state index contributed by atoms with van der Waals surface area (Å²) in [4.78, 5) is 35.5. The van der Waals surface area contributed by atoms with Gasteiger partial charge in [-0.2, -0.15) is 0 Å². The van der Waals surface area contributed by atoms with E-state index in [1.54, 1.807) is 12.1 Å². The van der Waals surface area contributed by atoms with E-state index in [0.717, 1.165) is 18.8 Å². The van der Waals surface area contributed by atoms with Crippen LogP contribution in [0, 0.1) is 5.92 Å². The van der Waals surface area contributed by atoms with Crippen molar-refractivity contribution in [1.82, 2.24) is 5.32 Å². The van der Waals surface area contributed by atoms with Crippen molar-refractivity contribution < 1.29 is 29.0 Å². The van der Waals surface area contributed by atoms with Crippen LogP contribution in [0.1, 0.15) is 55.8 Å². The summed E-state index contributed by atoms with van der Waals surface area (Å²) in [6.07, 6.45) is 7.02. The fourth-order valence-corrected chi connectivity index (χ4v) is 3.71. The second-order valence-corrected chi connectivity index (χ2v) is 7.42. The molecule has 1 saturated carbocycles. The number of ether oxygens (including phenoxy) is 1. The number of rotatable bonds is 8. The highest BCUT2D eigenvalue weighted by Gasteiger charge is 2.25. The Kier molecular flexibility index (Phi) is 6.41. The van der Waals surface area contributed by atoms with Crippen molar-refractivity contribution in [2.75, 3.05) is 6.61 Å². The molecule has 29 heavy (non-hydrogen) atoms. The zero-order chi connectivity index (χ0) is 21.0. The molecule has 0 unspecified atom stereocenters. The highest BCUT2D eigenvalue weighted by Crippen LogP contribution is 2.35. The molecule has 1 heterocycles. The van der Waals surface area contributed by atoms with Crippen LogP contribution < -0.4 is 15.7 Å². The average molecular weight is 403 g/mol. The monoisotopic (exact) mass is 403 g/mol. The Bertz CT molecular complexity index is 959. The number of carboxylic acids is 1. The molecule has 1 aromatic carbocycles. The maximum Gasteiger partial charge on any atom is 0.353 e. The van der Waals surface area contributed by atoms with Crippen LogP contribution in [0.15, 0.2) is 27.4 Å². The quantitative estimate of drug-likeness (QED) is 0.457. The minimum atomic E-state index is -1.27. The molecular weight excluding hydrogens is 378 g/mol. The zero-order valence-electron chi connectivity index (χ0n) is 16.3. The van der Waals surface area contributed by atoms with E-state index >= 15 is 0 Å². The van der Waals surface area contributed by atoms with Gasteiger partial charge in [-0.15, -0.1) is 0 Å². The van der Waals surface area contributed by atoms with Crippen LogP contribution in [-0.2, 0) is 4.79 Å². The van der Waals surface area contributed by atoms with E-state index in [1.165, 1.54) is 38.7 Å². The Labute approximate surface area is 167 Å². The molecule has 0 aliphatic heterocycles. The predicted octanol–water partition coefficient (Wildman–Crippen LogP) is 3.05. The molecular formula is C21H25NO7. The van der Waals surface area contributed by atoms with Gasteiger partial charge in [-0.1, -0.05) is 31.7 Å². The molecule has 0 bridgehead atoms. The first kappa shape index (κ1) is 20.7. The van der Waals surface area contributed by atoms with Gasteiger partial charge in [-0.05, 0) is 37.8 Å². The number of aliphatic carboxylic acids is 1. The molecule has 8 heteroatoms. The van der Waals surface area contributed by atoms with E-state index < -0.39 is 34.9 Å². The van der Waals surface area contributed by atoms with Gasteiger partial charge in [-0.25, -0.2) is 4.79 Å². The number of aromatic hydroxyl groups is 1. The van der Waals surface area contributed by atoms with Crippen LogP contribution in [0.25, 0.3) is 11.0 Å². The van der Waals surface area contributed by atoms with Crippen LogP contribution in [0.4, 0.5) is 0 Å². The van der Waals surface area contributed by atoms with E-state index in [4.69, 9.17) is 14.3 Å². The second kappa shape index (κ2) is 8.98. The number of hydrogen-bond acceptors (Lipinski definition) is 6. The lowest BCUT2D eigenvalue weighted by molar-refractivity contribution is -0.138. The molecule has 1 atom stereocenters. The summed E-state index contributed by atoms with van der Waals surface area (Å²) < 4.78 is 11.0. The summed E-state index contributed by atoms with van der Waals surface area (Å²) in [5.74, 6) is -1.84. The van der Waals surface area contributed by atoms with E-state index in [-0.39, 0.29) is 11.0 Å². The molecule has 3 rings (SSSR count). The summed E-state index contributed by atoms with van der Waals surface area (Å²) in [5.41, 5.74) is -1.61. The van der Waals surface area contributed by atoms with Crippen molar-refractivity contribution >= 4 is 22.8 Å². The van der Waals surface area contributed by atoms with Gasteiger partial charge in [0.15, 0.2) is 11.3 Å². The maximum atomic E-state index is 12.3. The molecule has 0 spiro atoms. The van der Waals surface area contributed by atoms with Crippen molar-refractivity contribution in [3.63, 3.8) is 0 Å². The molecule has 1 fully saturated rings. The number of fused-ring (bicyclic) bond motifs is 1. The third kappa shape index (κ3) is 4.70. The van der Waals surface area contributed by atoms with E-state index in [1.807, 2.05) is 0 Å². The average Bonchev–Trinajstić information content (AvgIpc) is 3.18. The standard InChI is InChI=1S/C21H25NO7/c1-12(20(25)26)22-19(24)17-18(23)16-14(9-4-10-15(16)29-21(17)27)28-11-5-8-13-6-2-3-7-13/h4,9-10,12-13,23H,2-3,5-8,11H2,1H3,(H,22,24)(H,25,26)/t12-/m0/s1. The molecule has 1 aromatic heterocycles. The first-order chi connectivity index (χ1) is 13.9. The van der Waals surface area contributed by atoms with Gasteiger partial charge in [0.1, 0.15) is 22.8 Å². The summed E-state index contributed by atoms with van der Waals surface area (Å²) >= 11 is 0. The molecule has 156 valence electrons. The van der Waals surface area contributed by atoms with Crippen molar-refractivity contribution in [2.24, 2.45) is 5.92 Å². The van der Waals surface area contributed by atoms with Crippen LogP contribution in [0.2, 0.25) is 0 Å². The molecule has 0 radical (unpaired) electrons. The number of amides is 1. The highest BCUT2D eigenvalue weighted by molar-refractivity contribution is 6.04. The third-order valence-electron chi connectivity index (χ3n) is 5.30. The zero-order valence-corrected chi connectivity index (χ0v) is 16.3. The van der Waals surface area contributed by atoms with Gasteiger partial charge < -0.3 is 24.7 Å². The summed E-state index contributed by atoms with van der Waals surface area (Å²) in [7, 11) is 0. The Hall–Kier alpha value is -3.03. The topological polar surface area (TPSA) is 126 Å². The molecule has 1 aliphatic carbocycles.